The average molecular weight is 683 g/mol. The van der Waals surface area contributed by atoms with Crippen molar-refractivity contribution in [2.75, 3.05) is 19.5 Å². The van der Waals surface area contributed by atoms with Crippen molar-refractivity contribution >= 4 is 36.4 Å². The Balaban J connectivity index is 1.95. The van der Waals surface area contributed by atoms with Gasteiger partial charge >= 0.3 is 13.3 Å². The Kier molecular flexibility index (Phi) is 10.6. The molecule has 0 spiro atoms. The van der Waals surface area contributed by atoms with Crippen molar-refractivity contribution in [3.63, 3.8) is 0 Å². The zero-order valence-corrected chi connectivity index (χ0v) is 28.4. The van der Waals surface area contributed by atoms with Crippen LogP contribution >= 0.6 is 7.60 Å². The molecule has 1 fully saturated rings. The van der Waals surface area contributed by atoms with Gasteiger partial charge in [-0.3, -0.25) is 23.1 Å². The van der Waals surface area contributed by atoms with Crippen molar-refractivity contribution in [2.24, 2.45) is 0 Å². The molecule has 1 aliphatic rings. The SMILES string of the molecule is Cc1cn([C@H]2C[C@H](O[Si](c3ccccc3)(c3ccccc3)C(C)(C)C)[C@@H]([C@@H](OS(C)(=O)=O)P(=O)(O)OCCO)O2)c(=O)[nH]c1=O. The lowest BCUT2D eigenvalue weighted by molar-refractivity contribution is -0.0555. The number of ether oxygens (including phenoxy) is 1. The van der Waals surface area contributed by atoms with E-state index in [0.29, 0.717) is 6.26 Å². The third kappa shape index (κ3) is 7.64. The van der Waals surface area contributed by atoms with E-state index in [2.05, 4.69) is 4.98 Å². The molecule has 0 radical (unpaired) electrons. The van der Waals surface area contributed by atoms with Crippen LogP contribution in [0, 0.1) is 6.92 Å². The largest absolute Gasteiger partial charge is 0.402 e. The van der Waals surface area contributed by atoms with Crippen LogP contribution in [0.25, 0.3) is 0 Å². The third-order valence-corrected chi connectivity index (χ3v) is 14.9. The lowest BCUT2D eigenvalue weighted by atomic mass is 10.2. The van der Waals surface area contributed by atoms with Crippen molar-refractivity contribution < 1.29 is 40.9 Å². The minimum absolute atomic E-state index is 0.0931. The first kappa shape index (κ1) is 35.1. The highest BCUT2D eigenvalue weighted by atomic mass is 32.2. The Morgan fingerprint density at radius 1 is 1.09 bits per heavy atom. The molecule has 45 heavy (non-hydrogen) atoms. The Labute approximate surface area is 262 Å². The number of rotatable bonds is 12. The van der Waals surface area contributed by atoms with Gasteiger partial charge in [0, 0.05) is 18.2 Å². The number of hydrogen-bond acceptors (Lipinski definition) is 10. The first-order valence-corrected chi connectivity index (χ1v) is 19.6. The van der Waals surface area contributed by atoms with Gasteiger partial charge in [-0.15, -0.1) is 0 Å². The number of aliphatic hydroxyl groups excluding tert-OH is 1. The Hall–Kier alpha value is -2.72. The fourth-order valence-electron chi connectivity index (χ4n) is 5.64. The van der Waals surface area contributed by atoms with Gasteiger partial charge in [-0.05, 0) is 22.3 Å². The molecule has 2 heterocycles. The van der Waals surface area contributed by atoms with Crippen LogP contribution in [0.5, 0.6) is 0 Å². The summed E-state index contributed by atoms with van der Waals surface area (Å²) in [6.45, 7) is 6.33. The predicted molar refractivity (Wildman–Crippen MR) is 170 cm³/mol. The van der Waals surface area contributed by atoms with Gasteiger partial charge in [-0.25, -0.2) is 4.79 Å². The number of nitrogens with zero attached hydrogens (tertiary/aromatic N) is 1. The first-order valence-electron chi connectivity index (χ1n) is 14.2. The fourth-order valence-corrected chi connectivity index (χ4v) is 12.8. The summed E-state index contributed by atoms with van der Waals surface area (Å²) < 4.78 is 63.3. The quantitative estimate of drug-likeness (QED) is 0.143. The van der Waals surface area contributed by atoms with Crippen LogP contribution in [-0.4, -0.2) is 73.8 Å². The predicted octanol–water partition coefficient (Wildman–Crippen LogP) is 1.57. The van der Waals surface area contributed by atoms with Crippen molar-refractivity contribution in [1.29, 1.82) is 0 Å². The van der Waals surface area contributed by atoms with E-state index in [1.54, 1.807) is 0 Å². The molecule has 0 aliphatic carbocycles. The maximum absolute atomic E-state index is 13.6. The van der Waals surface area contributed by atoms with E-state index >= 15 is 0 Å². The lowest BCUT2D eigenvalue weighted by Gasteiger charge is -2.45. The summed E-state index contributed by atoms with van der Waals surface area (Å²) in [5.74, 6) is -2.13. The molecule has 1 aromatic heterocycles. The Morgan fingerprint density at radius 3 is 2.13 bits per heavy atom. The van der Waals surface area contributed by atoms with Crippen molar-refractivity contribution in [2.45, 2.75) is 63.4 Å². The summed E-state index contributed by atoms with van der Waals surface area (Å²) in [5.41, 5.74) is -1.19. The number of H-pyrrole nitrogens is 1. The molecule has 1 unspecified atom stereocenters. The number of aliphatic hydroxyl groups is 1. The Bertz CT molecular complexity index is 1700. The number of hydrogen-bond donors (Lipinski definition) is 3. The molecule has 246 valence electrons. The number of aromatic amines is 1. The van der Waals surface area contributed by atoms with Crippen LogP contribution < -0.4 is 21.6 Å². The summed E-state index contributed by atoms with van der Waals surface area (Å²) in [5, 5.41) is 10.5. The molecule has 3 aromatic rings. The summed E-state index contributed by atoms with van der Waals surface area (Å²) in [6, 6.07) is 19.0. The molecule has 1 saturated heterocycles. The van der Waals surface area contributed by atoms with E-state index < -0.39 is 79.8 Å². The molecule has 4 rings (SSSR count). The molecule has 5 atom stereocenters. The van der Waals surface area contributed by atoms with E-state index in [1.807, 2.05) is 81.4 Å². The standard InChI is InChI=1S/C29H39N2O11PSSi/c1-20-19-31(28(34)30-26(20)33)24-18-23(25(40-24)27(41-44(5,37)38)43(35,36)39-17-16-32)42-45(29(2,3)4,21-12-8-6-9-13-21)22-14-10-7-11-15-22/h6-15,19,23-25,27,32H,16-18H2,1-5H3,(H,35,36)(H,30,33,34)/t23-,24+,25-,27-/m0/s1. The molecule has 3 N–H and O–H groups in total. The maximum atomic E-state index is 13.6. The zero-order valence-electron chi connectivity index (χ0n) is 25.7. The molecule has 1 aliphatic heterocycles. The number of nitrogens with one attached hydrogen (secondary N) is 1. The van der Waals surface area contributed by atoms with E-state index in [4.69, 9.17) is 17.9 Å². The second-order valence-electron chi connectivity index (χ2n) is 11.9. The molecular weight excluding hydrogens is 643 g/mol. The van der Waals surface area contributed by atoms with Gasteiger partial charge < -0.3 is 23.7 Å². The number of aryl methyl sites for hydroxylation is 1. The highest BCUT2D eigenvalue weighted by Crippen LogP contribution is 2.54. The summed E-state index contributed by atoms with van der Waals surface area (Å²) in [7, 11) is -12.8. The van der Waals surface area contributed by atoms with Gasteiger partial charge in [0.05, 0.1) is 25.6 Å². The van der Waals surface area contributed by atoms with Gasteiger partial charge in [0.25, 0.3) is 24.0 Å². The average Bonchev–Trinajstić information content (AvgIpc) is 3.38. The highest BCUT2D eigenvalue weighted by molar-refractivity contribution is 7.86. The van der Waals surface area contributed by atoms with Crippen LogP contribution in [0.3, 0.4) is 0 Å². The van der Waals surface area contributed by atoms with Crippen LogP contribution in [0.2, 0.25) is 5.04 Å². The van der Waals surface area contributed by atoms with E-state index in [-0.39, 0.29) is 12.0 Å². The van der Waals surface area contributed by atoms with Crippen molar-refractivity contribution in [1.82, 2.24) is 9.55 Å². The minimum atomic E-state index is -5.00. The second kappa shape index (κ2) is 13.6. The van der Waals surface area contributed by atoms with Crippen molar-refractivity contribution in [3.8, 4) is 0 Å². The summed E-state index contributed by atoms with van der Waals surface area (Å²) in [4.78, 5) is 38.3. The molecule has 0 amide bonds. The van der Waals surface area contributed by atoms with Gasteiger partial charge in [0.1, 0.15) is 12.3 Å². The van der Waals surface area contributed by atoms with Crippen LogP contribution in [-0.2, 0) is 32.6 Å². The number of aromatic nitrogens is 2. The smallest absolute Gasteiger partial charge is 0.361 e. The lowest BCUT2D eigenvalue weighted by Crippen LogP contribution is -2.68. The van der Waals surface area contributed by atoms with E-state index in [9.17, 15) is 32.6 Å². The Morgan fingerprint density at radius 2 is 1.64 bits per heavy atom. The van der Waals surface area contributed by atoms with Gasteiger partial charge in [0.15, 0.2) is 0 Å². The van der Waals surface area contributed by atoms with Crippen molar-refractivity contribution in [3.05, 3.63) is 93.3 Å². The topological polar surface area (TPSA) is 183 Å². The van der Waals surface area contributed by atoms with Crippen LogP contribution in [0.4, 0.5) is 0 Å². The summed E-state index contributed by atoms with van der Waals surface area (Å²) >= 11 is 0. The molecule has 2 aromatic carbocycles. The highest BCUT2D eigenvalue weighted by Gasteiger charge is 2.58. The zero-order chi connectivity index (χ0) is 33.2. The molecule has 13 nitrogen and oxygen atoms in total. The van der Waals surface area contributed by atoms with Crippen LogP contribution in [0.1, 0.15) is 39.0 Å². The third-order valence-electron chi connectivity index (χ3n) is 7.56. The number of benzene rings is 2. The van der Waals surface area contributed by atoms with Gasteiger partial charge in [-0.1, -0.05) is 81.4 Å². The molecular formula is C29H39N2O11PSSi. The van der Waals surface area contributed by atoms with E-state index in [0.717, 1.165) is 14.9 Å². The molecule has 0 bridgehead atoms. The fraction of sp³-hybridized carbons (Fsp3) is 0.448. The van der Waals surface area contributed by atoms with Gasteiger partial charge in [0.2, 0.25) is 5.85 Å². The normalized spacial score (nSPS) is 21.4. The van der Waals surface area contributed by atoms with Crippen LogP contribution in [0.15, 0.2) is 76.4 Å². The van der Waals surface area contributed by atoms with E-state index in [1.165, 1.54) is 13.1 Å². The maximum Gasteiger partial charge on any atom is 0.361 e. The molecule has 0 saturated carbocycles. The second-order valence-corrected chi connectivity index (χ2v) is 19.6. The monoisotopic (exact) mass is 682 g/mol. The summed E-state index contributed by atoms with van der Waals surface area (Å²) in [6.07, 6.45) is -1.95. The van der Waals surface area contributed by atoms with Gasteiger partial charge in [-0.2, -0.15) is 8.42 Å². The molecule has 16 heteroatoms. The first-order chi connectivity index (χ1) is 21.0. The minimum Gasteiger partial charge on any atom is -0.402 e.